The molecule has 95 heavy (non-hydrogen) atoms. The molecule has 10 heteroatoms. The van der Waals surface area contributed by atoms with Gasteiger partial charge in [-0.2, -0.15) is 0 Å². The third-order valence-corrected chi connectivity index (χ3v) is 15.5. The fraction of sp³-hybridized carbons (Fsp3) is 0.529. The maximum absolute atomic E-state index is 12.8. The van der Waals surface area contributed by atoms with E-state index in [4.69, 9.17) is 24.3 Å². The summed E-state index contributed by atoms with van der Waals surface area (Å²) in [7, 11) is -4.42. The number of ether oxygens (including phenoxy) is 2. The van der Waals surface area contributed by atoms with Gasteiger partial charge in [0.2, 0.25) is 0 Å². The van der Waals surface area contributed by atoms with Gasteiger partial charge in [-0.25, -0.2) is 4.57 Å². The van der Waals surface area contributed by atoms with Crippen LogP contribution in [0.25, 0.3) is 0 Å². The highest BCUT2D eigenvalue weighted by Crippen LogP contribution is 2.43. The van der Waals surface area contributed by atoms with Crippen molar-refractivity contribution in [3.05, 3.63) is 231 Å². The van der Waals surface area contributed by atoms with Gasteiger partial charge < -0.3 is 20.1 Å². The average Bonchev–Trinajstić information content (AvgIpc) is 2.75. The van der Waals surface area contributed by atoms with Crippen LogP contribution < -0.4 is 5.73 Å². The van der Waals surface area contributed by atoms with E-state index in [0.717, 1.165) is 180 Å². The van der Waals surface area contributed by atoms with Crippen LogP contribution >= 0.6 is 7.82 Å². The zero-order chi connectivity index (χ0) is 68.6. The highest BCUT2D eigenvalue weighted by atomic mass is 31.2. The molecule has 0 aromatic carbocycles. The van der Waals surface area contributed by atoms with Gasteiger partial charge >= 0.3 is 19.8 Å². The lowest BCUT2D eigenvalue weighted by Crippen LogP contribution is -2.29. The molecule has 0 saturated carbocycles. The van der Waals surface area contributed by atoms with Gasteiger partial charge in [-0.1, -0.05) is 315 Å². The van der Waals surface area contributed by atoms with Crippen molar-refractivity contribution in [2.24, 2.45) is 5.73 Å². The molecule has 0 aromatic rings. The first-order chi connectivity index (χ1) is 46.8. The number of carbonyl (C=O) groups excluding carboxylic acids is 2. The van der Waals surface area contributed by atoms with E-state index in [-0.39, 0.29) is 32.6 Å². The molecule has 0 aromatic heterocycles. The zero-order valence-electron chi connectivity index (χ0n) is 59.5. The molecule has 0 rings (SSSR count). The molecule has 2 atom stereocenters. The van der Waals surface area contributed by atoms with Crippen LogP contribution in [-0.4, -0.2) is 49.3 Å². The maximum atomic E-state index is 12.8. The molecule has 0 radical (unpaired) electrons. The van der Waals surface area contributed by atoms with Crippen molar-refractivity contribution in [1.82, 2.24) is 0 Å². The quantitative estimate of drug-likeness (QED) is 0.0264. The first kappa shape index (κ1) is 89.1. The van der Waals surface area contributed by atoms with Gasteiger partial charge in [-0.3, -0.25) is 18.6 Å². The Hall–Kier alpha value is -5.93. The highest BCUT2D eigenvalue weighted by Gasteiger charge is 2.26. The summed E-state index contributed by atoms with van der Waals surface area (Å²) in [6, 6.07) is 0. The van der Waals surface area contributed by atoms with E-state index in [1.54, 1.807) is 0 Å². The van der Waals surface area contributed by atoms with Gasteiger partial charge in [0.1, 0.15) is 6.61 Å². The third kappa shape index (κ3) is 77.0. The molecule has 0 aliphatic carbocycles. The number of unbranched alkanes of at least 4 members (excludes halogenated alkanes) is 15. The average molecular weight is 1330 g/mol. The van der Waals surface area contributed by atoms with Crippen LogP contribution in [0, 0.1) is 0 Å². The molecule has 3 N–H and O–H groups in total. The number of hydrogen-bond acceptors (Lipinski definition) is 8. The molecule has 0 bridgehead atoms. The van der Waals surface area contributed by atoms with Gasteiger partial charge in [0.15, 0.2) is 6.10 Å². The maximum Gasteiger partial charge on any atom is 0.472 e. The topological polar surface area (TPSA) is 134 Å². The Bertz CT molecular complexity index is 2410. The molecule has 0 aliphatic heterocycles. The van der Waals surface area contributed by atoms with Crippen LogP contribution in [0.5, 0.6) is 0 Å². The standard InChI is InChI=1S/C85H132NO8P/c1-3-5-7-9-11-13-15-17-19-21-23-25-27-29-31-33-35-37-38-39-40-41-42-43-44-46-48-50-52-54-56-58-60-62-64-66-68-70-72-74-76-78-85(88)94-83(82-93-95(89,90)92-80-79-86)81-91-84(87)77-75-73-71-69-67-65-63-61-59-57-55-53-51-49-47-45-36-34-32-30-28-26-24-22-20-18-16-14-12-10-8-6-4-2/h5-8,11-14,17-20,23-26,29-32,35-37,39-40,42-43,45-46,48-49,51-52,54-55,57,61,63,83H,3-4,9-10,15-16,21-22,27-28,33-34,38,41,44,47,50,53,56,58-60,62,64-82,86H2,1-2H3,(H,89,90)/b7-5-,8-6-,13-11-,14-12-,19-17-,20-18-,25-23-,26-24-,31-29-,32-30-,37-35-,40-39-,43-42-,45-36-,48-46-,51-49-,54-52-,57-55-,63-61-. The molecule has 0 spiro atoms. The van der Waals surface area contributed by atoms with Crippen molar-refractivity contribution in [3.8, 4) is 0 Å². The molecular weight excluding hydrogens is 1190 g/mol. The van der Waals surface area contributed by atoms with E-state index >= 15 is 0 Å². The van der Waals surface area contributed by atoms with Crippen LogP contribution in [0.15, 0.2) is 231 Å². The van der Waals surface area contributed by atoms with Crippen molar-refractivity contribution in [1.29, 1.82) is 0 Å². The number of phosphoric acid groups is 1. The van der Waals surface area contributed by atoms with Crippen LogP contribution in [0.3, 0.4) is 0 Å². The smallest absolute Gasteiger partial charge is 0.462 e. The molecule has 0 aliphatic rings. The minimum absolute atomic E-state index is 0.0377. The van der Waals surface area contributed by atoms with Crippen molar-refractivity contribution in [2.45, 2.75) is 264 Å². The summed E-state index contributed by atoms with van der Waals surface area (Å²) in [5.41, 5.74) is 5.40. The molecule has 9 nitrogen and oxygen atoms in total. The lowest BCUT2D eigenvalue weighted by molar-refractivity contribution is -0.161. The van der Waals surface area contributed by atoms with Crippen LogP contribution in [0.4, 0.5) is 0 Å². The number of hydrogen-bond donors (Lipinski definition) is 2. The minimum atomic E-state index is -4.42. The zero-order valence-corrected chi connectivity index (χ0v) is 60.4. The van der Waals surface area contributed by atoms with Crippen LogP contribution in [0.1, 0.15) is 258 Å². The van der Waals surface area contributed by atoms with Gasteiger partial charge in [0, 0.05) is 19.4 Å². The lowest BCUT2D eigenvalue weighted by atomic mass is 10.0. The Morgan fingerprint density at radius 1 is 0.316 bits per heavy atom. The Morgan fingerprint density at radius 3 is 0.811 bits per heavy atom. The van der Waals surface area contributed by atoms with Crippen molar-refractivity contribution in [2.75, 3.05) is 26.4 Å². The Morgan fingerprint density at radius 2 is 0.547 bits per heavy atom. The Balaban J connectivity index is 4.02. The fourth-order valence-corrected chi connectivity index (χ4v) is 9.95. The third-order valence-electron chi connectivity index (χ3n) is 14.5. The van der Waals surface area contributed by atoms with Crippen LogP contribution in [-0.2, 0) is 32.7 Å². The Labute approximate surface area is 581 Å². The second-order valence-electron chi connectivity index (χ2n) is 23.3. The summed E-state index contributed by atoms with van der Waals surface area (Å²) >= 11 is 0. The number of esters is 2. The molecule has 0 amide bonds. The van der Waals surface area contributed by atoms with Crippen molar-refractivity contribution in [3.63, 3.8) is 0 Å². The van der Waals surface area contributed by atoms with Gasteiger partial charge in [0.25, 0.3) is 0 Å². The molecular formula is C85H132NO8P. The van der Waals surface area contributed by atoms with E-state index in [9.17, 15) is 19.0 Å². The van der Waals surface area contributed by atoms with Gasteiger partial charge in [0.05, 0.1) is 13.2 Å². The number of rotatable bonds is 66. The number of nitrogens with two attached hydrogens (primary N) is 1. The van der Waals surface area contributed by atoms with E-state index in [1.807, 2.05) is 0 Å². The van der Waals surface area contributed by atoms with Gasteiger partial charge in [-0.15, -0.1) is 0 Å². The lowest BCUT2D eigenvalue weighted by Gasteiger charge is -2.19. The second-order valence-corrected chi connectivity index (χ2v) is 24.8. The predicted octanol–water partition coefficient (Wildman–Crippen LogP) is 25.0. The predicted molar refractivity (Wildman–Crippen MR) is 412 cm³/mol. The summed E-state index contributed by atoms with van der Waals surface area (Å²) in [6.45, 7) is 3.46. The molecule has 2 unspecified atom stereocenters. The first-order valence-corrected chi connectivity index (χ1v) is 38.4. The SMILES string of the molecule is CC/C=C\C/C=C\C/C=C\C/C=C\C/C=C\C/C=C\C/C=C\C/C=C\C/C=C\C/C=C\CCCCCCCCCCCCC(=O)OC(COC(=O)CCCCCCC/C=C\C/C=C\C/C=C\C/C=C\C/C=C\C/C=C\C/C=C\C/C=C\C/C=C\CC)COP(=O)(O)OCCN. The highest BCUT2D eigenvalue weighted by molar-refractivity contribution is 7.47. The fourth-order valence-electron chi connectivity index (χ4n) is 9.19. The minimum Gasteiger partial charge on any atom is -0.462 e. The number of carbonyl (C=O) groups is 2. The molecule has 530 valence electrons. The molecule has 0 saturated heterocycles. The summed E-state index contributed by atoms with van der Waals surface area (Å²) in [5, 5.41) is 0. The van der Waals surface area contributed by atoms with E-state index in [2.05, 4.69) is 245 Å². The monoisotopic (exact) mass is 1330 g/mol. The van der Waals surface area contributed by atoms with E-state index < -0.39 is 32.5 Å². The molecule has 0 heterocycles. The first-order valence-electron chi connectivity index (χ1n) is 36.9. The summed E-state index contributed by atoms with van der Waals surface area (Å²) in [5.74, 6) is -0.871. The summed E-state index contributed by atoms with van der Waals surface area (Å²) in [4.78, 5) is 35.4. The van der Waals surface area contributed by atoms with Crippen LogP contribution in [0.2, 0.25) is 0 Å². The van der Waals surface area contributed by atoms with Crippen molar-refractivity contribution < 1.29 is 37.6 Å². The van der Waals surface area contributed by atoms with E-state index in [0.29, 0.717) is 12.8 Å². The largest absolute Gasteiger partial charge is 0.472 e. The molecule has 0 fully saturated rings. The summed E-state index contributed by atoms with van der Waals surface area (Å²) in [6.07, 6.45) is 121. The summed E-state index contributed by atoms with van der Waals surface area (Å²) < 4.78 is 33.2. The number of phosphoric ester groups is 1. The normalized spacial score (nSPS) is 14.3. The van der Waals surface area contributed by atoms with E-state index in [1.165, 1.54) is 38.5 Å². The Kier molecular flexibility index (Phi) is 72.3. The number of allylic oxidation sites excluding steroid dienone is 38. The second kappa shape index (κ2) is 77.1. The van der Waals surface area contributed by atoms with Gasteiger partial charge in [-0.05, 0) is 161 Å². The van der Waals surface area contributed by atoms with Crippen molar-refractivity contribution >= 4 is 19.8 Å².